The molecule has 0 radical (unpaired) electrons. The lowest BCUT2D eigenvalue weighted by Crippen LogP contribution is -2.03. The number of anilines is 1. The summed E-state index contributed by atoms with van der Waals surface area (Å²) in [6, 6.07) is 9.27. The van der Waals surface area contributed by atoms with Crippen molar-refractivity contribution in [2.75, 3.05) is 5.32 Å². The number of para-hydroxylation sites is 1. The fourth-order valence-electron chi connectivity index (χ4n) is 1.73. The van der Waals surface area contributed by atoms with E-state index in [0.717, 1.165) is 11.3 Å². The van der Waals surface area contributed by atoms with Crippen LogP contribution in [0.15, 0.2) is 41.1 Å². The number of carbonyl (C=O) groups excluding carboxylic acids is 1. The lowest BCUT2D eigenvalue weighted by atomic mass is 10.1. The van der Waals surface area contributed by atoms with E-state index in [0.29, 0.717) is 11.3 Å². The SMILES string of the molecule is O=C1Nc2ccccc2/C1=C/c1ccon1. The van der Waals surface area contributed by atoms with Crippen LogP contribution in [0.5, 0.6) is 0 Å². The third-order valence-electron chi connectivity index (χ3n) is 2.46. The van der Waals surface area contributed by atoms with E-state index in [-0.39, 0.29) is 5.91 Å². The van der Waals surface area contributed by atoms with Crippen LogP contribution in [0.4, 0.5) is 5.69 Å². The Balaban J connectivity index is 2.12. The van der Waals surface area contributed by atoms with Crippen molar-refractivity contribution in [2.24, 2.45) is 0 Å². The Morgan fingerprint density at radius 3 is 2.94 bits per heavy atom. The molecule has 1 aliphatic rings. The average Bonchev–Trinajstić information content (AvgIpc) is 2.89. The minimum atomic E-state index is -0.107. The number of fused-ring (bicyclic) bond motifs is 1. The normalized spacial score (nSPS) is 16.2. The van der Waals surface area contributed by atoms with Gasteiger partial charge in [-0.3, -0.25) is 4.79 Å². The zero-order valence-corrected chi connectivity index (χ0v) is 8.31. The predicted molar refractivity (Wildman–Crippen MR) is 59.4 cm³/mol. The molecular weight excluding hydrogens is 204 g/mol. The molecule has 0 spiro atoms. The van der Waals surface area contributed by atoms with Gasteiger partial charge in [0.1, 0.15) is 12.0 Å². The Hall–Kier alpha value is -2.36. The Bertz CT molecular complexity index is 570. The van der Waals surface area contributed by atoms with Crippen LogP contribution in [-0.2, 0) is 4.79 Å². The van der Waals surface area contributed by atoms with Gasteiger partial charge in [-0.25, -0.2) is 0 Å². The molecule has 4 heteroatoms. The minimum Gasteiger partial charge on any atom is -0.364 e. The first kappa shape index (κ1) is 8.91. The smallest absolute Gasteiger partial charge is 0.256 e. The van der Waals surface area contributed by atoms with Gasteiger partial charge in [-0.2, -0.15) is 0 Å². The molecule has 0 saturated heterocycles. The van der Waals surface area contributed by atoms with E-state index < -0.39 is 0 Å². The van der Waals surface area contributed by atoms with Gasteiger partial charge in [0, 0.05) is 17.3 Å². The maximum atomic E-state index is 11.7. The molecule has 1 aliphatic heterocycles. The number of nitrogens with zero attached hydrogens (tertiary/aromatic N) is 1. The molecule has 1 N–H and O–H groups in total. The lowest BCUT2D eigenvalue weighted by molar-refractivity contribution is -0.110. The molecule has 2 heterocycles. The Labute approximate surface area is 91.6 Å². The molecule has 1 aromatic heterocycles. The van der Waals surface area contributed by atoms with Gasteiger partial charge >= 0.3 is 0 Å². The first-order valence-electron chi connectivity index (χ1n) is 4.87. The molecule has 2 aromatic rings. The van der Waals surface area contributed by atoms with Gasteiger partial charge in [-0.1, -0.05) is 23.4 Å². The van der Waals surface area contributed by atoms with E-state index in [1.54, 1.807) is 12.1 Å². The van der Waals surface area contributed by atoms with Crippen molar-refractivity contribution in [3.8, 4) is 0 Å². The van der Waals surface area contributed by atoms with Crippen molar-refractivity contribution < 1.29 is 9.32 Å². The van der Waals surface area contributed by atoms with E-state index >= 15 is 0 Å². The van der Waals surface area contributed by atoms with E-state index in [2.05, 4.69) is 10.5 Å². The van der Waals surface area contributed by atoms with Crippen molar-refractivity contribution in [3.63, 3.8) is 0 Å². The monoisotopic (exact) mass is 212 g/mol. The largest absolute Gasteiger partial charge is 0.364 e. The van der Waals surface area contributed by atoms with Crippen molar-refractivity contribution in [1.82, 2.24) is 5.16 Å². The Kier molecular flexibility index (Phi) is 1.86. The van der Waals surface area contributed by atoms with Gasteiger partial charge in [-0.15, -0.1) is 0 Å². The van der Waals surface area contributed by atoms with Crippen LogP contribution in [0.3, 0.4) is 0 Å². The Morgan fingerprint density at radius 1 is 1.25 bits per heavy atom. The number of hydrogen-bond donors (Lipinski definition) is 1. The summed E-state index contributed by atoms with van der Waals surface area (Å²) < 4.78 is 4.72. The summed E-state index contributed by atoms with van der Waals surface area (Å²) in [6.07, 6.45) is 3.19. The lowest BCUT2D eigenvalue weighted by Gasteiger charge is -1.95. The number of nitrogens with one attached hydrogen (secondary N) is 1. The summed E-state index contributed by atoms with van der Waals surface area (Å²) >= 11 is 0. The van der Waals surface area contributed by atoms with Crippen LogP contribution in [0, 0.1) is 0 Å². The molecule has 0 saturated carbocycles. The summed E-state index contributed by atoms with van der Waals surface area (Å²) in [4.78, 5) is 11.7. The standard InChI is InChI=1S/C12H8N2O2/c15-12-10(7-8-5-6-16-14-8)9-3-1-2-4-11(9)13-12/h1-7H,(H,13,15)/b10-7-. The Morgan fingerprint density at radius 2 is 2.12 bits per heavy atom. The first-order chi connectivity index (χ1) is 7.84. The number of rotatable bonds is 1. The molecule has 78 valence electrons. The van der Waals surface area contributed by atoms with Gasteiger partial charge in [-0.05, 0) is 12.1 Å². The first-order valence-corrected chi connectivity index (χ1v) is 4.87. The maximum absolute atomic E-state index is 11.7. The number of carbonyl (C=O) groups is 1. The van der Waals surface area contributed by atoms with E-state index in [9.17, 15) is 4.79 Å². The second-order valence-electron chi connectivity index (χ2n) is 3.48. The fourth-order valence-corrected chi connectivity index (χ4v) is 1.73. The highest BCUT2D eigenvalue weighted by molar-refractivity contribution is 6.34. The van der Waals surface area contributed by atoms with Gasteiger partial charge < -0.3 is 9.84 Å². The molecule has 1 amide bonds. The van der Waals surface area contributed by atoms with Crippen molar-refractivity contribution in [1.29, 1.82) is 0 Å². The number of amides is 1. The summed E-state index contributed by atoms with van der Waals surface area (Å²) in [5.74, 6) is -0.107. The van der Waals surface area contributed by atoms with Crippen molar-refractivity contribution in [2.45, 2.75) is 0 Å². The molecule has 0 aliphatic carbocycles. The zero-order valence-electron chi connectivity index (χ0n) is 8.31. The molecular formula is C12H8N2O2. The second kappa shape index (κ2) is 3.34. The molecule has 16 heavy (non-hydrogen) atoms. The molecule has 1 aromatic carbocycles. The quantitative estimate of drug-likeness (QED) is 0.737. The summed E-state index contributed by atoms with van der Waals surface area (Å²) in [5, 5.41) is 6.55. The van der Waals surface area contributed by atoms with Gasteiger partial charge in [0.2, 0.25) is 0 Å². The maximum Gasteiger partial charge on any atom is 0.256 e. The average molecular weight is 212 g/mol. The van der Waals surface area contributed by atoms with Crippen molar-refractivity contribution in [3.05, 3.63) is 47.9 Å². The van der Waals surface area contributed by atoms with Crippen LogP contribution >= 0.6 is 0 Å². The highest BCUT2D eigenvalue weighted by atomic mass is 16.5. The van der Waals surface area contributed by atoms with E-state index in [1.165, 1.54) is 6.26 Å². The third kappa shape index (κ3) is 1.32. The summed E-state index contributed by atoms with van der Waals surface area (Å²) in [6.45, 7) is 0. The van der Waals surface area contributed by atoms with E-state index in [1.807, 2.05) is 24.3 Å². The molecule has 0 atom stereocenters. The molecule has 4 nitrogen and oxygen atoms in total. The van der Waals surface area contributed by atoms with Crippen molar-refractivity contribution >= 4 is 23.2 Å². The third-order valence-corrected chi connectivity index (χ3v) is 2.46. The van der Waals surface area contributed by atoms with Crippen LogP contribution in [0.25, 0.3) is 11.6 Å². The second-order valence-corrected chi connectivity index (χ2v) is 3.48. The highest BCUT2D eigenvalue weighted by Gasteiger charge is 2.23. The van der Waals surface area contributed by atoms with Crippen LogP contribution < -0.4 is 5.32 Å². The number of benzene rings is 1. The number of hydrogen-bond acceptors (Lipinski definition) is 3. The molecule has 3 rings (SSSR count). The predicted octanol–water partition coefficient (Wildman–Crippen LogP) is 2.17. The molecule has 0 bridgehead atoms. The van der Waals surface area contributed by atoms with E-state index in [4.69, 9.17) is 4.52 Å². The zero-order chi connectivity index (χ0) is 11.0. The van der Waals surface area contributed by atoms with Crippen LogP contribution in [-0.4, -0.2) is 11.1 Å². The van der Waals surface area contributed by atoms with Crippen LogP contribution in [0.2, 0.25) is 0 Å². The van der Waals surface area contributed by atoms with Crippen LogP contribution in [0.1, 0.15) is 11.3 Å². The van der Waals surface area contributed by atoms with Gasteiger partial charge in [0.05, 0.1) is 5.57 Å². The summed E-state index contributed by atoms with van der Waals surface area (Å²) in [5.41, 5.74) is 2.99. The molecule has 0 unspecified atom stereocenters. The summed E-state index contributed by atoms with van der Waals surface area (Å²) in [7, 11) is 0. The topological polar surface area (TPSA) is 55.1 Å². The highest BCUT2D eigenvalue weighted by Crippen LogP contribution is 2.32. The molecule has 0 fully saturated rings. The fraction of sp³-hybridized carbons (Fsp3) is 0. The minimum absolute atomic E-state index is 0.107. The van der Waals surface area contributed by atoms with Gasteiger partial charge in [0.25, 0.3) is 5.91 Å². The van der Waals surface area contributed by atoms with Gasteiger partial charge in [0.15, 0.2) is 0 Å². The number of aromatic nitrogens is 1.